The van der Waals surface area contributed by atoms with E-state index in [-0.39, 0.29) is 11.4 Å². The standard InChI is InChI=1S/C13H13N3O3S2/c1-16-8-12(7-14-16)21(17,18)15-6-11-2-3-13(19-11)10-4-5-20-9-10/h2-5,7-9,15H,6H2,1H3. The smallest absolute Gasteiger partial charge is 0.244 e. The normalized spacial score (nSPS) is 11.9. The summed E-state index contributed by atoms with van der Waals surface area (Å²) in [6, 6.07) is 5.54. The Hall–Kier alpha value is -1.90. The van der Waals surface area contributed by atoms with Gasteiger partial charge in [-0.2, -0.15) is 16.4 Å². The first-order valence-corrected chi connectivity index (χ1v) is 8.57. The third-order valence-corrected chi connectivity index (χ3v) is 4.93. The SMILES string of the molecule is Cn1cc(S(=O)(=O)NCc2ccc(-c3ccsc3)o2)cn1. The lowest BCUT2D eigenvalue weighted by Gasteiger charge is -2.02. The fourth-order valence-electron chi connectivity index (χ4n) is 1.82. The van der Waals surface area contributed by atoms with Gasteiger partial charge in [-0.15, -0.1) is 0 Å². The summed E-state index contributed by atoms with van der Waals surface area (Å²) >= 11 is 1.58. The molecule has 0 amide bonds. The molecular weight excluding hydrogens is 310 g/mol. The molecule has 3 aromatic heterocycles. The van der Waals surface area contributed by atoms with Crippen LogP contribution in [0.3, 0.4) is 0 Å². The number of nitrogens with zero attached hydrogens (tertiary/aromatic N) is 2. The molecule has 3 heterocycles. The molecule has 3 rings (SSSR count). The number of aromatic nitrogens is 2. The number of rotatable bonds is 5. The summed E-state index contributed by atoms with van der Waals surface area (Å²) in [5.74, 6) is 1.29. The van der Waals surface area contributed by atoms with Gasteiger partial charge in [0.2, 0.25) is 10.0 Å². The lowest BCUT2D eigenvalue weighted by Crippen LogP contribution is -2.22. The predicted molar refractivity (Wildman–Crippen MR) is 79.3 cm³/mol. The monoisotopic (exact) mass is 323 g/mol. The van der Waals surface area contributed by atoms with Gasteiger partial charge in [0.15, 0.2) is 0 Å². The molecule has 110 valence electrons. The van der Waals surface area contributed by atoms with Gasteiger partial charge in [-0.05, 0) is 23.6 Å². The summed E-state index contributed by atoms with van der Waals surface area (Å²) in [4.78, 5) is 0.134. The number of aryl methyl sites for hydroxylation is 1. The van der Waals surface area contributed by atoms with Crippen molar-refractivity contribution in [1.82, 2.24) is 14.5 Å². The summed E-state index contributed by atoms with van der Waals surface area (Å²) in [5, 5.41) is 7.79. The third-order valence-electron chi connectivity index (χ3n) is 2.90. The Morgan fingerprint density at radius 1 is 1.38 bits per heavy atom. The average Bonchev–Trinajstić information content (AvgIpc) is 3.17. The van der Waals surface area contributed by atoms with E-state index in [1.54, 1.807) is 24.5 Å². The van der Waals surface area contributed by atoms with Crippen molar-refractivity contribution >= 4 is 21.4 Å². The number of sulfonamides is 1. The summed E-state index contributed by atoms with van der Waals surface area (Å²) < 4.78 is 33.7. The molecule has 3 aromatic rings. The predicted octanol–water partition coefficient (Wildman–Crippen LogP) is 2.22. The molecule has 0 bridgehead atoms. The minimum Gasteiger partial charge on any atom is -0.460 e. The first-order valence-electron chi connectivity index (χ1n) is 6.14. The van der Waals surface area contributed by atoms with Gasteiger partial charge in [-0.25, -0.2) is 13.1 Å². The minimum absolute atomic E-state index is 0.0986. The molecule has 0 fully saturated rings. The molecule has 0 spiro atoms. The molecule has 0 unspecified atom stereocenters. The second kappa shape index (κ2) is 5.47. The summed E-state index contributed by atoms with van der Waals surface area (Å²) in [7, 11) is -1.91. The Morgan fingerprint density at radius 3 is 2.90 bits per heavy atom. The largest absolute Gasteiger partial charge is 0.460 e. The van der Waals surface area contributed by atoms with Gasteiger partial charge in [0, 0.05) is 24.2 Å². The molecular formula is C13H13N3O3S2. The molecule has 0 aliphatic rings. The van der Waals surface area contributed by atoms with Crippen molar-refractivity contribution in [2.24, 2.45) is 7.05 Å². The minimum atomic E-state index is -3.57. The van der Waals surface area contributed by atoms with E-state index < -0.39 is 10.0 Å². The number of nitrogens with one attached hydrogen (secondary N) is 1. The molecule has 6 nitrogen and oxygen atoms in total. The van der Waals surface area contributed by atoms with Gasteiger partial charge in [-0.3, -0.25) is 4.68 Å². The average molecular weight is 323 g/mol. The van der Waals surface area contributed by atoms with E-state index in [1.807, 2.05) is 22.9 Å². The molecule has 0 atom stereocenters. The van der Waals surface area contributed by atoms with Gasteiger partial charge < -0.3 is 4.42 Å². The number of hydrogen-bond donors (Lipinski definition) is 1. The number of hydrogen-bond acceptors (Lipinski definition) is 5. The van der Waals surface area contributed by atoms with Crippen molar-refractivity contribution in [2.75, 3.05) is 0 Å². The maximum absolute atomic E-state index is 12.0. The van der Waals surface area contributed by atoms with Crippen LogP contribution in [-0.2, 0) is 23.6 Å². The molecule has 0 aliphatic heterocycles. The van der Waals surface area contributed by atoms with Crippen molar-refractivity contribution in [3.8, 4) is 11.3 Å². The summed E-state index contributed by atoms with van der Waals surface area (Å²) in [6.45, 7) is 0.0986. The van der Waals surface area contributed by atoms with Crippen molar-refractivity contribution in [2.45, 2.75) is 11.4 Å². The van der Waals surface area contributed by atoms with E-state index >= 15 is 0 Å². The molecule has 0 aliphatic carbocycles. The zero-order valence-corrected chi connectivity index (χ0v) is 12.8. The highest BCUT2D eigenvalue weighted by atomic mass is 32.2. The lowest BCUT2D eigenvalue weighted by molar-refractivity contribution is 0.509. The highest BCUT2D eigenvalue weighted by molar-refractivity contribution is 7.89. The number of furan rings is 1. The molecule has 0 aromatic carbocycles. The van der Waals surface area contributed by atoms with Gasteiger partial charge in [0.05, 0.1) is 12.7 Å². The van der Waals surface area contributed by atoms with Gasteiger partial charge in [0.25, 0.3) is 0 Å². The van der Waals surface area contributed by atoms with Crippen molar-refractivity contribution in [1.29, 1.82) is 0 Å². The van der Waals surface area contributed by atoms with Crippen molar-refractivity contribution in [3.05, 3.63) is 47.1 Å². The third kappa shape index (κ3) is 3.07. The van der Waals surface area contributed by atoms with Crippen LogP contribution < -0.4 is 4.72 Å². The van der Waals surface area contributed by atoms with E-state index in [2.05, 4.69) is 9.82 Å². The topological polar surface area (TPSA) is 77.1 Å². The number of thiophene rings is 1. The van der Waals surface area contributed by atoms with Crippen LogP contribution in [0.25, 0.3) is 11.3 Å². The van der Waals surface area contributed by atoms with Crippen LogP contribution in [0.4, 0.5) is 0 Å². The second-order valence-corrected chi connectivity index (χ2v) is 7.00. The highest BCUT2D eigenvalue weighted by Gasteiger charge is 2.16. The van der Waals surface area contributed by atoms with E-state index in [4.69, 9.17) is 4.42 Å². The fraction of sp³-hybridized carbons (Fsp3) is 0.154. The van der Waals surface area contributed by atoms with Crippen LogP contribution in [0, 0.1) is 0 Å². The van der Waals surface area contributed by atoms with E-state index in [1.165, 1.54) is 17.1 Å². The lowest BCUT2D eigenvalue weighted by atomic mass is 10.3. The van der Waals surface area contributed by atoms with Crippen LogP contribution in [-0.4, -0.2) is 18.2 Å². The Balaban J connectivity index is 1.71. The Kier molecular flexibility index (Phi) is 3.66. The van der Waals surface area contributed by atoms with Crippen LogP contribution in [0.1, 0.15) is 5.76 Å². The molecule has 0 saturated heterocycles. The zero-order chi connectivity index (χ0) is 14.9. The highest BCUT2D eigenvalue weighted by Crippen LogP contribution is 2.24. The summed E-state index contributed by atoms with van der Waals surface area (Å²) in [6.07, 6.45) is 2.75. The van der Waals surface area contributed by atoms with E-state index in [0.29, 0.717) is 5.76 Å². The van der Waals surface area contributed by atoms with Gasteiger partial charge in [-0.1, -0.05) is 0 Å². The van der Waals surface area contributed by atoms with E-state index in [0.717, 1.165) is 11.3 Å². The molecule has 0 radical (unpaired) electrons. The maximum Gasteiger partial charge on any atom is 0.244 e. The molecule has 21 heavy (non-hydrogen) atoms. The van der Waals surface area contributed by atoms with Gasteiger partial charge >= 0.3 is 0 Å². The first kappa shape index (κ1) is 14.1. The molecule has 1 N–H and O–H groups in total. The summed E-state index contributed by atoms with van der Waals surface area (Å²) in [5.41, 5.74) is 0.987. The fourth-order valence-corrected chi connectivity index (χ4v) is 3.44. The Morgan fingerprint density at radius 2 is 2.24 bits per heavy atom. The van der Waals surface area contributed by atoms with Crippen LogP contribution in [0.15, 0.2) is 50.7 Å². The van der Waals surface area contributed by atoms with Crippen molar-refractivity contribution < 1.29 is 12.8 Å². The van der Waals surface area contributed by atoms with Gasteiger partial charge in [0.1, 0.15) is 16.4 Å². The van der Waals surface area contributed by atoms with Crippen LogP contribution in [0.5, 0.6) is 0 Å². The van der Waals surface area contributed by atoms with Crippen LogP contribution in [0.2, 0.25) is 0 Å². The second-order valence-electron chi connectivity index (χ2n) is 4.45. The zero-order valence-electron chi connectivity index (χ0n) is 11.2. The maximum atomic E-state index is 12.0. The van der Waals surface area contributed by atoms with Crippen molar-refractivity contribution in [3.63, 3.8) is 0 Å². The Bertz CT molecular complexity index is 832. The Labute approximate surface area is 126 Å². The quantitative estimate of drug-likeness (QED) is 0.781. The van der Waals surface area contributed by atoms with E-state index in [9.17, 15) is 8.42 Å². The molecule has 0 saturated carbocycles. The molecule has 8 heteroatoms. The van der Waals surface area contributed by atoms with Crippen LogP contribution >= 0.6 is 11.3 Å². The first-order chi connectivity index (χ1) is 10.0.